The molecule has 0 aliphatic heterocycles. The summed E-state index contributed by atoms with van der Waals surface area (Å²) >= 11 is 0. The lowest BCUT2D eigenvalue weighted by molar-refractivity contribution is -0.141. The number of nitrogen functional groups attached to an aromatic ring is 1. The van der Waals surface area contributed by atoms with Gasteiger partial charge in [-0.1, -0.05) is 24.3 Å². The van der Waals surface area contributed by atoms with Crippen molar-refractivity contribution in [3.63, 3.8) is 0 Å². The minimum absolute atomic E-state index is 0.00170. The number of nitrogens with one attached hydrogen (secondary N) is 1. The number of alkyl halides is 3. The molecule has 0 saturated carbocycles. The Morgan fingerprint density at radius 3 is 2.66 bits per heavy atom. The third-order valence-electron chi connectivity index (χ3n) is 4.65. The number of benzene rings is 2. The van der Waals surface area contributed by atoms with Crippen molar-refractivity contribution in [3.8, 4) is 23.1 Å². The fourth-order valence-electron chi connectivity index (χ4n) is 3.29. The highest BCUT2D eigenvalue weighted by atomic mass is 19.4. The molecule has 4 rings (SSSR count). The Kier molecular flexibility index (Phi) is 5.24. The number of amides is 1. The average Bonchev–Trinajstić information content (AvgIpc) is 3.16. The van der Waals surface area contributed by atoms with Crippen molar-refractivity contribution >= 4 is 22.5 Å². The van der Waals surface area contributed by atoms with E-state index in [4.69, 9.17) is 11.0 Å². The monoisotopic (exact) mass is 436 g/mol. The number of hydrogen-bond acceptors (Lipinski definition) is 5. The second kappa shape index (κ2) is 8.03. The second-order valence-corrected chi connectivity index (χ2v) is 6.84. The zero-order valence-corrected chi connectivity index (χ0v) is 16.4. The molecule has 10 heteroatoms. The molecule has 0 radical (unpaired) electrons. The molecule has 3 N–H and O–H groups in total. The van der Waals surface area contributed by atoms with Crippen LogP contribution in [-0.4, -0.2) is 27.2 Å². The van der Waals surface area contributed by atoms with E-state index in [1.165, 1.54) is 22.9 Å². The van der Waals surface area contributed by atoms with Gasteiger partial charge >= 0.3 is 6.18 Å². The van der Waals surface area contributed by atoms with Gasteiger partial charge in [0.15, 0.2) is 5.82 Å². The first-order chi connectivity index (χ1) is 15.3. The SMILES string of the molecule is N#CCNC(=O)c1cc(N)cc(-c2nn(-c3cccc(C(F)(F)F)n3)c3ccccc23)c1. The minimum atomic E-state index is -4.60. The number of pyridine rings is 1. The van der Waals surface area contributed by atoms with Gasteiger partial charge in [0.1, 0.15) is 17.9 Å². The zero-order valence-electron chi connectivity index (χ0n) is 16.4. The summed E-state index contributed by atoms with van der Waals surface area (Å²) in [6.45, 7) is -0.165. The number of carbonyl (C=O) groups excluding carboxylic acids is 1. The van der Waals surface area contributed by atoms with Gasteiger partial charge in [0.2, 0.25) is 0 Å². The Labute approximate surface area is 179 Å². The van der Waals surface area contributed by atoms with Crippen LogP contribution in [0.25, 0.3) is 28.0 Å². The molecule has 0 aliphatic rings. The van der Waals surface area contributed by atoms with E-state index in [0.29, 0.717) is 27.8 Å². The van der Waals surface area contributed by atoms with E-state index in [0.717, 1.165) is 6.07 Å². The summed E-state index contributed by atoms with van der Waals surface area (Å²) in [5.41, 5.74) is 6.91. The van der Waals surface area contributed by atoms with E-state index >= 15 is 0 Å². The van der Waals surface area contributed by atoms with Crippen LogP contribution in [-0.2, 0) is 6.18 Å². The first-order valence-electron chi connectivity index (χ1n) is 9.36. The summed E-state index contributed by atoms with van der Waals surface area (Å²) in [4.78, 5) is 16.0. The first-order valence-corrected chi connectivity index (χ1v) is 9.36. The van der Waals surface area contributed by atoms with Gasteiger partial charge < -0.3 is 11.1 Å². The molecule has 2 aromatic carbocycles. The number of carbonyl (C=O) groups is 1. The van der Waals surface area contributed by atoms with Gasteiger partial charge in [0.05, 0.1) is 11.6 Å². The van der Waals surface area contributed by atoms with Crippen molar-refractivity contribution in [1.29, 1.82) is 5.26 Å². The zero-order chi connectivity index (χ0) is 22.9. The minimum Gasteiger partial charge on any atom is -0.399 e. The van der Waals surface area contributed by atoms with E-state index in [2.05, 4.69) is 15.4 Å². The largest absolute Gasteiger partial charge is 0.433 e. The van der Waals surface area contributed by atoms with Crippen LogP contribution in [0.5, 0.6) is 0 Å². The van der Waals surface area contributed by atoms with Crippen molar-refractivity contribution in [1.82, 2.24) is 20.1 Å². The number of anilines is 1. The van der Waals surface area contributed by atoms with Crippen LogP contribution in [0, 0.1) is 11.3 Å². The van der Waals surface area contributed by atoms with E-state index < -0.39 is 17.8 Å². The van der Waals surface area contributed by atoms with Gasteiger partial charge in [-0.3, -0.25) is 4.79 Å². The summed E-state index contributed by atoms with van der Waals surface area (Å²) in [5, 5.41) is 16.3. The third kappa shape index (κ3) is 3.96. The Balaban J connectivity index is 1.88. The van der Waals surface area contributed by atoms with Crippen LogP contribution < -0.4 is 11.1 Å². The van der Waals surface area contributed by atoms with Crippen molar-refractivity contribution in [3.05, 3.63) is 71.9 Å². The molecule has 4 aromatic rings. The molecule has 0 fully saturated rings. The number of para-hydroxylation sites is 1. The van der Waals surface area contributed by atoms with Crippen LogP contribution >= 0.6 is 0 Å². The van der Waals surface area contributed by atoms with Gasteiger partial charge in [-0.05, 0) is 36.4 Å². The molecule has 1 amide bonds. The van der Waals surface area contributed by atoms with Gasteiger partial charge in [0.25, 0.3) is 5.91 Å². The molecule has 7 nitrogen and oxygen atoms in total. The van der Waals surface area contributed by atoms with Crippen LogP contribution in [0.3, 0.4) is 0 Å². The van der Waals surface area contributed by atoms with Crippen LogP contribution in [0.15, 0.2) is 60.7 Å². The summed E-state index contributed by atoms with van der Waals surface area (Å²) in [6, 6.07) is 17.0. The smallest absolute Gasteiger partial charge is 0.399 e. The number of nitrogens with zero attached hydrogens (tertiary/aromatic N) is 4. The number of rotatable bonds is 4. The molecule has 0 unspecified atom stereocenters. The predicted molar refractivity (Wildman–Crippen MR) is 112 cm³/mol. The van der Waals surface area contributed by atoms with Crippen molar-refractivity contribution in [2.75, 3.05) is 12.3 Å². The third-order valence-corrected chi connectivity index (χ3v) is 4.65. The molecule has 0 aliphatic carbocycles. The van der Waals surface area contributed by atoms with E-state index in [1.54, 1.807) is 36.4 Å². The summed E-state index contributed by atoms with van der Waals surface area (Å²) in [6.07, 6.45) is -4.60. The quantitative estimate of drug-likeness (QED) is 0.372. The predicted octanol–water partition coefficient (Wildman–Crippen LogP) is 3.94. The molecule has 2 aromatic heterocycles. The van der Waals surface area contributed by atoms with Gasteiger partial charge in [0, 0.05) is 22.2 Å². The Hall–Kier alpha value is -4.39. The standard InChI is InChI=1S/C22H15F3N6O/c23-22(24,25)18-6-3-7-19(29-18)31-17-5-2-1-4-16(17)20(30-31)13-10-14(12-15(27)11-13)21(32)28-9-8-26/h1-7,10-12H,9,27H2,(H,28,32). The molecular formula is C22H15F3N6O. The number of fused-ring (bicyclic) bond motifs is 1. The molecule has 0 bridgehead atoms. The molecule has 0 atom stereocenters. The fraction of sp³-hybridized carbons (Fsp3) is 0.0909. The molecule has 0 saturated heterocycles. The van der Waals surface area contributed by atoms with Gasteiger partial charge in [-0.25, -0.2) is 9.67 Å². The van der Waals surface area contributed by atoms with E-state index in [-0.39, 0.29) is 17.9 Å². The molecule has 160 valence electrons. The Morgan fingerprint density at radius 1 is 1.12 bits per heavy atom. The van der Waals surface area contributed by atoms with Crippen LogP contribution in [0.4, 0.5) is 18.9 Å². The fourth-order valence-corrected chi connectivity index (χ4v) is 3.29. The highest BCUT2D eigenvalue weighted by Crippen LogP contribution is 2.32. The molecular weight excluding hydrogens is 421 g/mol. The van der Waals surface area contributed by atoms with Crippen molar-refractivity contribution < 1.29 is 18.0 Å². The number of nitrogens with two attached hydrogens (primary N) is 1. The Bertz CT molecular complexity index is 1370. The molecule has 2 heterocycles. The summed E-state index contributed by atoms with van der Waals surface area (Å²) in [5.74, 6) is -0.485. The molecule has 0 spiro atoms. The Morgan fingerprint density at radius 2 is 1.91 bits per heavy atom. The lowest BCUT2D eigenvalue weighted by Crippen LogP contribution is -2.23. The maximum Gasteiger partial charge on any atom is 0.433 e. The van der Waals surface area contributed by atoms with Crippen LogP contribution in [0.1, 0.15) is 16.1 Å². The number of aromatic nitrogens is 3. The van der Waals surface area contributed by atoms with Gasteiger partial charge in [-0.15, -0.1) is 0 Å². The van der Waals surface area contributed by atoms with Crippen molar-refractivity contribution in [2.45, 2.75) is 6.18 Å². The number of halogens is 3. The van der Waals surface area contributed by atoms with Crippen LogP contribution in [0.2, 0.25) is 0 Å². The normalized spacial score (nSPS) is 11.3. The average molecular weight is 436 g/mol. The summed E-state index contributed by atoms with van der Waals surface area (Å²) < 4.78 is 40.8. The highest BCUT2D eigenvalue weighted by Gasteiger charge is 2.32. The van der Waals surface area contributed by atoms with Gasteiger partial charge in [-0.2, -0.15) is 23.5 Å². The first kappa shape index (κ1) is 20.9. The molecule has 32 heavy (non-hydrogen) atoms. The number of nitriles is 1. The maximum absolute atomic E-state index is 13.2. The second-order valence-electron chi connectivity index (χ2n) is 6.84. The lowest BCUT2D eigenvalue weighted by atomic mass is 10.0. The maximum atomic E-state index is 13.2. The van der Waals surface area contributed by atoms with E-state index in [1.807, 2.05) is 6.07 Å². The van der Waals surface area contributed by atoms with E-state index in [9.17, 15) is 18.0 Å². The number of hydrogen-bond donors (Lipinski definition) is 2. The topological polar surface area (TPSA) is 110 Å². The van der Waals surface area contributed by atoms with Crippen molar-refractivity contribution in [2.24, 2.45) is 0 Å². The highest BCUT2D eigenvalue weighted by molar-refractivity contribution is 5.99. The summed E-state index contributed by atoms with van der Waals surface area (Å²) in [7, 11) is 0. The lowest BCUT2D eigenvalue weighted by Gasteiger charge is -2.08.